The average Bonchev–Trinajstić information content (AvgIpc) is 2.77. The monoisotopic (exact) mass is 237 g/mol. The zero-order chi connectivity index (χ0) is 12.5. The van der Waals surface area contributed by atoms with Crippen LogP contribution in [0.4, 0.5) is 0 Å². The Balaban J connectivity index is 2.05. The van der Waals surface area contributed by atoms with Crippen LogP contribution in [0.15, 0.2) is 18.7 Å². The summed E-state index contributed by atoms with van der Waals surface area (Å²) in [7, 11) is 0. The van der Waals surface area contributed by atoms with Crippen molar-refractivity contribution in [2.75, 3.05) is 0 Å². The lowest BCUT2D eigenvalue weighted by Gasteiger charge is -2.00. The molecule has 0 aliphatic heterocycles. The second kappa shape index (κ2) is 8.32. The largest absolute Gasteiger partial charge is 0.243 e. The smallest absolute Gasteiger partial charge is 0.237 e. The van der Waals surface area contributed by atoms with E-state index in [9.17, 15) is 0 Å². The van der Waals surface area contributed by atoms with Gasteiger partial charge < -0.3 is 0 Å². The lowest BCUT2D eigenvalue weighted by molar-refractivity contribution is -0.697. The van der Waals surface area contributed by atoms with Crippen molar-refractivity contribution >= 4 is 0 Å². The molecular weight excluding hydrogens is 208 g/mol. The number of nitrogens with zero attached hydrogens (tertiary/aromatic N) is 2. The van der Waals surface area contributed by atoms with Crippen LogP contribution in [0.1, 0.15) is 71.8 Å². The molecule has 2 nitrogen and oxygen atoms in total. The first kappa shape index (κ1) is 14.3. The van der Waals surface area contributed by atoms with Gasteiger partial charge in [0.25, 0.3) is 0 Å². The highest BCUT2D eigenvalue weighted by Crippen LogP contribution is 2.07. The lowest BCUT2D eigenvalue weighted by Crippen LogP contribution is -2.31. The summed E-state index contributed by atoms with van der Waals surface area (Å²) < 4.78 is 4.58. The highest BCUT2D eigenvalue weighted by molar-refractivity contribution is 4.69. The molecule has 1 rings (SSSR count). The minimum atomic E-state index is 0.574. The molecule has 1 aromatic rings. The molecule has 0 atom stereocenters. The van der Waals surface area contributed by atoms with Crippen molar-refractivity contribution in [2.45, 2.75) is 78.3 Å². The van der Waals surface area contributed by atoms with Crippen LogP contribution in [0.2, 0.25) is 0 Å². The summed E-state index contributed by atoms with van der Waals surface area (Å²) in [6.07, 6.45) is 16.3. The topological polar surface area (TPSA) is 8.81 Å². The minimum Gasteiger partial charge on any atom is -0.237 e. The Kier molecular flexibility index (Phi) is 6.99. The molecule has 98 valence electrons. The van der Waals surface area contributed by atoms with Gasteiger partial charge in [-0.05, 0) is 26.7 Å². The van der Waals surface area contributed by atoms with Crippen molar-refractivity contribution in [1.29, 1.82) is 0 Å². The molecule has 0 N–H and O–H groups in total. The predicted molar refractivity (Wildman–Crippen MR) is 73.0 cm³/mol. The average molecular weight is 237 g/mol. The third kappa shape index (κ3) is 5.90. The number of hydrogen-bond donors (Lipinski definition) is 0. The van der Waals surface area contributed by atoms with Crippen LogP contribution in [-0.4, -0.2) is 4.57 Å². The molecule has 0 aromatic carbocycles. The van der Waals surface area contributed by atoms with Crippen LogP contribution in [0.5, 0.6) is 0 Å². The van der Waals surface area contributed by atoms with Crippen molar-refractivity contribution in [3.05, 3.63) is 18.7 Å². The second-order valence-electron chi connectivity index (χ2n) is 5.31. The van der Waals surface area contributed by atoms with Gasteiger partial charge in [0.2, 0.25) is 6.33 Å². The third-order valence-electron chi connectivity index (χ3n) is 3.33. The Morgan fingerprint density at radius 2 is 1.65 bits per heavy atom. The van der Waals surface area contributed by atoms with E-state index in [2.05, 4.69) is 48.6 Å². The van der Waals surface area contributed by atoms with Crippen LogP contribution in [0.25, 0.3) is 0 Å². The Morgan fingerprint density at radius 1 is 1.00 bits per heavy atom. The summed E-state index contributed by atoms with van der Waals surface area (Å²) in [5.41, 5.74) is 0. The molecule has 17 heavy (non-hydrogen) atoms. The van der Waals surface area contributed by atoms with Crippen molar-refractivity contribution in [3.8, 4) is 0 Å². The Labute approximate surface area is 107 Å². The fraction of sp³-hybridized carbons (Fsp3) is 0.800. The molecule has 2 heteroatoms. The molecule has 0 spiro atoms. The molecule has 0 bridgehead atoms. The molecule has 1 heterocycles. The zero-order valence-electron chi connectivity index (χ0n) is 11.9. The van der Waals surface area contributed by atoms with Crippen LogP contribution in [0.3, 0.4) is 0 Å². The SMILES string of the molecule is CCCCCCCCC[n+]1ccn(C(C)C)c1. The number of aryl methyl sites for hydroxylation is 1. The number of aromatic nitrogens is 2. The minimum absolute atomic E-state index is 0.574. The van der Waals surface area contributed by atoms with Crippen molar-refractivity contribution in [3.63, 3.8) is 0 Å². The molecule has 0 radical (unpaired) electrons. The first-order valence-electron chi connectivity index (χ1n) is 7.30. The second-order valence-corrected chi connectivity index (χ2v) is 5.31. The van der Waals surface area contributed by atoms with Gasteiger partial charge in [-0.15, -0.1) is 0 Å². The van der Waals surface area contributed by atoms with E-state index in [4.69, 9.17) is 0 Å². The van der Waals surface area contributed by atoms with Crippen molar-refractivity contribution < 1.29 is 4.57 Å². The molecule has 0 fully saturated rings. The molecule has 0 aliphatic carbocycles. The zero-order valence-corrected chi connectivity index (χ0v) is 11.9. The van der Waals surface area contributed by atoms with Gasteiger partial charge in [-0.25, -0.2) is 9.13 Å². The first-order chi connectivity index (χ1) is 8.24. The third-order valence-corrected chi connectivity index (χ3v) is 3.33. The highest BCUT2D eigenvalue weighted by Gasteiger charge is 2.05. The summed E-state index contributed by atoms with van der Waals surface area (Å²) in [5.74, 6) is 0. The Bertz CT molecular complexity index is 289. The van der Waals surface area contributed by atoms with Gasteiger partial charge >= 0.3 is 0 Å². The molecule has 0 unspecified atom stereocenters. The Morgan fingerprint density at radius 3 is 2.24 bits per heavy atom. The lowest BCUT2D eigenvalue weighted by atomic mass is 10.1. The van der Waals surface area contributed by atoms with E-state index in [0.29, 0.717) is 6.04 Å². The molecule has 0 amide bonds. The predicted octanol–water partition coefficient (Wildman–Crippen LogP) is 4.11. The van der Waals surface area contributed by atoms with E-state index in [0.717, 1.165) is 0 Å². The molecule has 0 saturated heterocycles. The van der Waals surface area contributed by atoms with E-state index in [1.807, 2.05) is 0 Å². The summed E-state index contributed by atoms with van der Waals surface area (Å²) in [4.78, 5) is 0. The van der Waals surface area contributed by atoms with Crippen molar-refractivity contribution in [1.82, 2.24) is 4.57 Å². The van der Waals surface area contributed by atoms with Crippen LogP contribution in [0, 0.1) is 0 Å². The maximum Gasteiger partial charge on any atom is 0.243 e. The molecule has 1 aromatic heterocycles. The number of hydrogen-bond acceptors (Lipinski definition) is 0. The van der Waals surface area contributed by atoms with E-state index in [-0.39, 0.29) is 0 Å². The number of imidazole rings is 1. The van der Waals surface area contributed by atoms with E-state index >= 15 is 0 Å². The maximum atomic E-state index is 2.31. The standard InChI is InChI=1S/C15H29N2/c1-4-5-6-7-8-9-10-11-16-12-13-17(14-16)15(2)3/h12-15H,4-11H2,1-3H3/q+1. The van der Waals surface area contributed by atoms with Gasteiger partial charge in [-0.2, -0.15) is 0 Å². The van der Waals surface area contributed by atoms with Gasteiger partial charge in [0.1, 0.15) is 12.4 Å². The van der Waals surface area contributed by atoms with Crippen molar-refractivity contribution in [2.24, 2.45) is 0 Å². The first-order valence-corrected chi connectivity index (χ1v) is 7.30. The fourth-order valence-corrected chi connectivity index (χ4v) is 2.10. The summed E-state index contributed by atoms with van der Waals surface area (Å²) in [5, 5.41) is 0. The fourth-order valence-electron chi connectivity index (χ4n) is 2.10. The van der Waals surface area contributed by atoms with Gasteiger partial charge in [0.05, 0.1) is 12.6 Å². The molecule has 0 saturated carbocycles. The van der Waals surface area contributed by atoms with Gasteiger partial charge in [-0.3, -0.25) is 0 Å². The molecular formula is C15H29N2+. The normalized spacial score (nSPS) is 11.3. The van der Waals surface area contributed by atoms with Crippen LogP contribution in [-0.2, 0) is 6.54 Å². The number of unbranched alkanes of at least 4 members (excludes halogenated alkanes) is 6. The van der Waals surface area contributed by atoms with Crippen LogP contribution >= 0.6 is 0 Å². The summed E-state index contributed by atoms with van der Waals surface area (Å²) in [6.45, 7) is 7.89. The number of rotatable bonds is 9. The maximum absolute atomic E-state index is 2.31. The Hall–Kier alpha value is -0.790. The van der Waals surface area contributed by atoms with Gasteiger partial charge in [0, 0.05) is 0 Å². The summed E-state index contributed by atoms with van der Waals surface area (Å²) in [6, 6.07) is 0.574. The van der Waals surface area contributed by atoms with E-state index in [1.54, 1.807) is 0 Å². The quantitative estimate of drug-likeness (QED) is 0.451. The van der Waals surface area contributed by atoms with E-state index in [1.165, 1.54) is 51.5 Å². The highest BCUT2D eigenvalue weighted by atomic mass is 15.1. The van der Waals surface area contributed by atoms with Gasteiger partial charge in [0.15, 0.2) is 0 Å². The molecule has 0 aliphatic rings. The summed E-state index contributed by atoms with van der Waals surface area (Å²) >= 11 is 0. The van der Waals surface area contributed by atoms with Gasteiger partial charge in [-0.1, -0.05) is 39.0 Å². The van der Waals surface area contributed by atoms with E-state index < -0.39 is 0 Å². The van der Waals surface area contributed by atoms with Crippen LogP contribution < -0.4 is 4.57 Å².